The van der Waals surface area contributed by atoms with E-state index in [4.69, 9.17) is 13.9 Å². The number of hydrogen-bond donors (Lipinski definition) is 1. The molecule has 0 saturated carbocycles. The number of carbonyl (C=O) groups excluding carboxylic acids is 2. The van der Waals surface area contributed by atoms with Crippen molar-refractivity contribution >= 4 is 46.7 Å². The molecule has 1 aliphatic rings. The van der Waals surface area contributed by atoms with Crippen molar-refractivity contribution in [3.8, 4) is 11.5 Å². The predicted octanol–water partition coefficient (Wildman–Crippen LogP) is 6.12. The van der Waals surface area contributed by atoms with Crippen LogP contribution < -0.4 is 14.8 Å². The fraction of sp³-hybridized carbons (Fsp3) is 0.125. The first-order valence-corrected chi connectivity index (χ1v) is 13.9. The van der Waals surface area contributed by atoms with Crippen LogP contribution in [0, 0.1) is 6.92 Å². The van der Waals surface area contributed by atoms with Gasteiger partial charge in [0.25, 0.3) is 11.8 Å². The number of aryl methyl sites for hydroxylation is 1. The minimum absolute atomic E-state index is 0.188. The van der Waals surface area contributed by atoms with Gasteiger partial charge in [-0.05, 0) is 84.9 Å². The Kier molecular flexibility index (Phi) is 9.15. The highest BCUT2D eigenvalue weighted by molar-refractivity contribution is 8.18. The molecule has 2 heterocycles. The number of rotatable bonds is 10. The summed E-state index contributed by atoms with van der Waals surface area (Å²) in [6.45, 7) is 1.99. The van der Waals surface area contributed by atoms with Crippen LogP contribution in [0.25, 0.3) is 6.08 Å². The molecule has 4 aromatic rings. The Morgan fingerprint density at radius 3 is 2.55 bits per heavy atom. The molecule has 1 fully saturated rings. The minimum atomic E-state index is -0.290. The number of ether oxygens (including phenoxy) is 2. The summed E-state index contributed by atoms with van der Waals surface area (Å²) in [6.07, 6.45) is 4.89. The summed E-state index contributed by atoms with van der Waals surface area (Å²) in [5.74, 6) is 1.28. The van der Waals surface area contributed by atoms with Crippen LogP contribution in [0.15, 0.2) is 111 Å². The fourth-order valence-corrected chi connectivity index (χ4v) is 4.89. The molecule has 0 aliphatic carbocycles. The number of benzene rings is 3. The number of furan rings is 1. The van der Waals surface area contributed by atoms with Crippen molar-refractivity contribution in [3.05, 3.63) is 119 Å². The van der Waals surface area contributed by atoms with E-state index < -0.39 is 0 Å². The third-order valence-electron chi connectivity index (χ3n) is 6.15. The smallest absolute Gasteiger partial charge is 0.267 e. The van der Waals surface area contributed by atoms with E-state index in [2.05, 4.69) is 15.5 Å². The molecule has 0 spiro atoms. The van der Waals surface area contributed by atoms with Gasteiger partial charge in [0, 0.05) is 11.3 Å². The summed E-state index contributed by atoms with van der Waals surface area (Å²) >= 11 is 1.20. The van der Waals surface area contributed by atoms with Crippen LogP contribution in [0.1, 0.15) is 22.5 Å². The van der Waals surface area contributed by atoms with E-state index >= 15 is 0 Å². The Hall–Kier alpha value is -5.09. The third kappa shape index (κ3) is 7.35. The van der Waals surface area contributed by atoms with E-state index in [1.54, 1.807) is 43.9 Å². The average Bonchev–Trinajstić information content (AvgIpc) is 3.62. The number of amides is 2. The van der Waals surface area contributed by atoms with Crippen LogP contribution in [0.3, 0.4) is 0 Å². The van der Waals surface area contributed by atoms with Crippen LogP contribution in [0.4, 0.5) is 5.69 Å². The Balaban J connectivity index is 1.33. The first-order valence-electron chi connectivity index (χ1n) is 13.1. The second kappa shape index (κ2) is 13.5. The largest absolute Gasteiger partial charge is 0.497 e. The Bertz CT molecular complexity index is 1630. The maximum Gasteiger partial charge on any atom is 0.267 e. The van der Waals surface area contributed by atoms with Crippen molar-refractivity contribution < 1.29 is 23.5 Å². The van der Waals surface area contributed by atoms with Crippen molar-refractivity contribution in [2.24, 2.45) is 10.2 Å². The molecule has 212 valence electrons. The Morgan fingerprint density at radius 1 is 1.02 bits per heavy atom. The molecule has 42 heavy (non-hydrogen) atoms. The molecular formula is C32H28N4O5S. The molecule has 1 N–H and O–H groups in total. The van der Waals surface area contributed by atoms with Gasteiger partial charge in [-0.15, -0.1) is 5.10 Å². The zero-order chi connectivity index (χ0) is 29.3. The van der Waals surface area contributed by atoms with Crippen LogP contribution >= 0.6 is 11.8 Å². The molecule has 0 atom stereocenters. The van der Waals surface area contributed by atoms with Crippen LogP contribution in [0.2, 0.25) is 0 Å². The zero-order valence-electron chi connectivity index (χ0n) is 23.0. The van der Waals surface area contributed by atoms with E-state index in [0.29, 0.717) is 32.8 Å². The van der Waals surface area contributed by atoms with E-state index in [9.17, 15) is 9.59 Å². The van der Waals surface area contributed by atoms with Gasteiger partial charge in [-0.2, -0.15) is 5.10 Å². The lowest BCUT2D eigenvalue weighted by Gasteiger charge is -2.12. The quantitative estimate of drug-likeness (QED) is 0.138. The molecule has 0 radical (unpaired) electrons. The maximum absolute atomic E-state index is 13.5. The number of anilines is 1. The number of nitrogens with zero attached hydrogens (tertiary/aromatic N) is 3. The van der Waals surface area contributed by atoms with Crippen molar-refractivity contribution in [3.63, 3.8) is 0 Å². The normalized spacial score (nSPS) is 15.1. The molecule has 5 rings (SSSR count). The van der Waals surface area contributed by atoms with Gasteiger partial charge in [0.2, 0.25) is 0 Å². The fourth-order valence-electron chi connectivity index (χ4n) is 3.97. The number of amidine groups is 1. The SMILES string of the molecule is COc1ccc(/C=N/N=C2\S/C(=C\c3ccccc3OCC(=O)Nc3ccc(C)cc3)C(=O)N2Cc2ccco2)cc1. The number of para-hydroxylation sites is 1. The van der Waals surface area contributed by atoms with Gasteiger partial charge in [0.05, 0.1) is 31.0 Å². The van der Waals surface area contributed by atoms with Gasteiger partial charge in [-0.25, -0.2) is 0 Å². The molecule has 1 aliphatic heterocycles. The topological polar surface area (TPSA) is 106 Å². The predicted molar refractivity (Wildman–Crippen MR) is 165 cm³/mol. The molecule has 1 aromatic heterocycles. The molecule has 3 aromatic carbocycles. The summed E-state index contributed by atoms with van der Waals surface area (Å²) < 4.78 is 16.5. The third-order valence-corrected chi connectivity index (χ3v) is 7.14. The van der Waals surface area contributed by atoms with E-state index in [1.807, 2.05) is 73.7 Å². The minimum Gasteiger partial charge on any atom is -0.497 e. The van der Waals surface area contributed by atoms with Crippen molar-refractivity contribution in [2.75, 3.05) is 19.0 Å². The molecule has 0 unspecified atom stereocenters. The number of hydrogen-bond acceptors (Lipinski definition) is 8. The van der Waals surface area contributed by atoms with Gasteiger partial charge >= 0.3 is 0 Å². The van der Waals surface area contributed by atoms with Crippen LogP contribution in [0.5, 0.6) is 11.5 Å². The molecule has 0 bridgehead atoms. The second-order valence-electron chi connectivity index (χ2n) is 9.22. The molecule has 1 saturated heterocycles. The van der Waals surface area contributed by atoms with Crippen molar-refractivity contribution in [2.45, 2.75) is 13.5 Å². The number of nitrogens with one attached hydrogen (secondary N) is 1. The molecule has 10 heteroatoms. The van der Waals surface area contributed by atoms with Crippen molar-refractivity contribution in [1.29, 1.82) is 0 Å². The Labute approximate surface area is 247 Å². The summed E-state index contributed by atoms with van der Waals surface area (Å²) in [7, 11) is 1.61. The van der Waals surface area contributed by atoms with Crippen LogP contribution in [-0.4, -0.2) is 41.8 Å². The monoisotopic (exact) mass is 580 g/mol. The Morgan fingerprint density at radius 2 is 1.81 bits per heavy atom. The first-order chi connectivity index (χ1) is 20.5. The molecular weight excluding hydrogens is 552 g/mol. The lowest BCUT2D eigenvalue weighted by atomic mass is 10.2. The zero-order valence-corrected chi connectivity index (χ0v) is 23.8. The summed E-state index contributed by atoms with van der Waals surface area (Å²) in [4.78, 5) is 27.9. The van der Waals surface area contributed by atoms with E-state index in [-0.39, 0.29) is 25.0 Å². The van der Waals surface area contributed by atoms with E-state index in [0.717, 1.165) is 16.9 Å². The second-order valence-corrected chi connectivity index (χ2v) is 10.2. The van der Waals surface area contributed by atoms with Gasteiger partial charge in [0.15, 0.2) is 11.8 Å². The van der Waals surface area contributed by atoms with Crippen molar-refractivity contribution in [1.82, 2.24) is 4.90 Å². The molecule has 9 nitrogen and oxygen atoms in total. The van der Waals surface area contributed by atoms with Gasteiger partial charge < -0.3 is 19.2 Å². The number of methoxy groups -OCH3 is 1. The number of carbonyl (C=O) groups is 2. The lowest BCUT2D eigenvalue weighted by Crippen LogP contribution is -2.28. The summed E-state index contributed by atoms with van der Waals surface area (Å²) in [5, 5.41) is 11.8. The summed E-state index contributed by atoms with van der Waals surface area (Å²) in [5.41, 5.74) is 3.28. The average molecular weight is 581 g/mol. The standard InChI is InChI=1S/C32H28N4O5S/c1-22-9-13-25(14-10-22)34-30(37)21-41-28-8-4-3-6-24(28)18-29-31(38)36(20-27-7-5-17-40-27)32(42-29)35-33-19-23-11-15-26(39-2)16-12-23/h3-19H,20-21H2,1-2H3,(H,34,37)/b29-18-,33-19+,35-32-. The maximum atomic E-state index is 13.5. The highest BCUT2D eigenvalue weighted by Gasteiger charge is 2.34. The lowest BCUT2D eigenvalue weighted by molar-refractivity contribution is -0.122. The summed E-state index contributed by atoms with van der Waals surface area (Å²) in [6, 6.07) is 25.7. The highest BCUT2D eigenvalue weighted by Crippen LogP contribution is 2.35. The number of thioether (sulfide) groups is 1. The van der Waals surface area contributed by atoms with Crippen LogP contribution in [-0.2, 0) is 16.1 Å². The van der Waals surface area contributed by atoms with Gasteiger partial charge in [-0.3, -0.25) is 14.5 Å². The van der Waals surface area contributed by atoms with E-state index in [1.165, 1.54) is 16.7 Å². The highest BCUT2D eigenvalue weighted by atomic mass is 32.2. The van der Waals surface area contributed by atoms with Gasteiger partial charge in [0.1, 0.15) is 17.3 Å². The first kappa shape index (κ1) is 28.4. The molecule has 2 amide bonds. The van der Waals surface area contributed by atoms with Gasteiger partial charge in [-0.1, -0.05) is 35.9 Å².